The van der Waals surface area contributed by atoms with Gasteiger partial charge in [0.05, 0.1) is 30.3 Å². The molecule has 0 fully saturated rings. The molecule has 0 radical (unpaired) electrons. The first-order valence-corrected chi connectivity index (χ1v) is 8.89. The number of methoxy groups -OCH3 is 1. The van der Waals surface area contributed by atoms with E-state index in [2.05, 4.69) is 4.98 Å². The van der Waals surface area contributed by atoms with Crippen molar-refractivity contribution < 1.29 is 9.53 Å². The zero-order chi connectivity index (χ0) is 19.5. The molecule has 4 rings (SSSR count). The van der Waals surface area contributed by atoms with Crippen LogP contribution in [0.4, 0.5) is 0 Å². The molecule has 5 heteroatoms. The number of fused-ring (bicyclic) bond motifs is 1. The highest BCUT2D eigenvalue weighted by atomic mass is 16.5. The van der Waals surface area contributed by atoms with Crippen molar-refractivity contribution in [2.45, 2.75) is 6.54 Å². The SMILES string of the molecule is COC(=O)c1ccc(Cn2c(=O)c(-c3ccccc3)nc3ccccc32)cc1. The number of benzene rings is 3. The summed E-state index contributed by atoms with van der Waals surface area (Å²) in [6.45, 7) is 0.378. The summed E-state index contributed by atoms with van der Waals surface area (Å²) in [4.78, 5) is 29.5. The molecular formula is C23H18N2O3. The van der Waals surface area contributed by atoms with E-state index >= 15 is 0 Å². The molecule has 1 aromatic heterocycles. The van der Waals surface area contributed by atoms with Crippen LogP contribution in [0.25, 0.3) is 22.3 Å². The van der Waals surface area contributed by atoms with Gasteiger partial charge >= 0.3 is 5.97 Å². The maximum absolute atomic E-state index is 13.2. The molecule has 0 atom stereocenters. The molecule has 0 saturated heterocycles. The van der Waals surface area contributed by atoms with Crippen molar-refractivity contribution in [1.29, 1.82) is 0 Å². The first-order chi connectivity index (χ1) is 13.7. The normalized spacial score (nSPS) is 10.8. The first-order valence-electron chi connectivity index (χ1n) is 8.89. The predicted octanol–water partition coefficient (Wildman–Crippen LogP) is 3.90. The third-order valence-corrected chi connectivity index (χ3v) is 4.62. The molecule has 1 heterocycles. The molecular weight excluding hydrogens is 352 g/mol. The van der Waals surface area contributed by atoms with Crippen LogP contribution >= 0.6 is 0 Å². The monoisotopic (exact) mass is 370 g/mol. The molecule has 4 aromatic rings. The van der Waals surface area contributed by atoms with E-state index in [1.807, 2.05) is 66.7 Å². The van der Waals surface area contributed by atoms with Crippen LogP contribution in [0.2, 0.25) is 0 Å². The summed E-state index contributed by atoms with van der Waals surface area (Å²) < 4.78 is 6.45. The fourth-order valence-corrected chi connectivity index (χ4v) is 3.18. The molecule has 28 heavy (non-hydrogen) atoms. The average molecular weight is 370 g/mol. The molecule has 0 spiro atoms. The van der Waals surface area contributed by atoms with Crippen LogP contribution in [-0.2, 0) is 11.3 Å². The van der Waals surface area contributed by atoms with Gasteiger partial charge in [-0.15, -0.1) is 0 Å². The average Bonchev–Trinajstić information content (AvgIpc) is 2.76. The Morgan fingerprint density at radius 3 is 2.32 bits per heavy atom. The number of para-hydroxylation sites is 2. The number of carbonyl (C=O) groups excluding carboxylic acids is 1. The minimum absolute atomic E-state index is 0.151. The van der Waals surface area contributed by atoms with Crippen LogP contribution in [0, 0.1) is 0 Å². The van der Waals surface area contributed by atoms with Crippen LogP contribution in [0.3, 0.4) is 0 Å². The zero-order valence-electron chi connectivity index (χ0n) is 15.3. The van der Waals surface area contributed by atoms with Crippen LogP contribution in [0.5, 0.6) is 0 Å². The molecule has 0 aliphatic carbocycles. The first kappa shape index (κ1) is 17.7. The van der Waals surface area contributed by atoms with Crippen molar-refractivity contribution in [3.05, 3.63) is 100 Å². The number of carbonyl (C=O) groups is 1. The number of ether oxygens (including phenoxy) is 1. The predicted molar refractivity (Wildman–Crippen MR) is 108 cm³/mol. The van der Waals surface area contributed by atoms with E-state index < -0.39 is 0 Å². The highest BCUT2D eigenvalue weighted by molar-refractivity contribution is 5.89. The van der Waals surface area contributed by atoms with Crippen molar-refractivity contribution in [1.82, 2.24) is 9.55 Å². The Morgan fingerprint density at radius 1 is 0.929 bits per heavy atom. The summed E-state index contributed by atoms with van der Waals surface area (Å²) in [5.41, 5.74) is 3.96. The minimum Gasteiger partial charge on any atom is -0.465 e. The highest BCUT2D eigenvalue weighted by Crippen LogP contribution is 2.18. The van der Waals surface area contributed by atoms with Gasteiger partial charge in [0, 0.05) is 5.56 Å². The van der Waals surface area contributed by atoms with E-state index in [1.165, 1.54) is 7.11 Å². The van der Waals surface area contributed by atoms with Gasteiger partial charge in [-0.25, -0.2) is 9.78 Å². The number of aromatic nitrogens is 2. The number of hydrogen-bond donors (Lipinski definition) is 0. The molecule has 0 aliphatic heterocycles. The van der Waals surface area contributed by atoms with Gasteiger partial charge in [-0.05, 0) is 29.8 Å². The van der Waals surface area contributed by atoms with Crippen LogP contribution < -0.4 is 5.56 Å². The quantitative estimate of drug-likeness (QED) is 0.511. The highest BCUT2D eigenvalue weighted by Gasteiger charge is 2.13. The lowest BCUT2D eigenvalue weighted by Gasteiger charge is -2.13. The Morgan fingerprint density at radius 2 is 1.61 bits per heavy atom. The smallest absolute Gasteiger partial charge is 0.337 e. The fraction of sp³-hybridized carbons (Fsp3) is 0.0870. The topological polar surface area (TPSA) is 61.2 Å². The summed E-state index contributed by atoms with van der Waals surface area (Å²) in [6, 6.07) is 24.1. The van der Waals surface area contributed by atoms with E-state index in [0.717, 1.165) is 22.2 Å². The van der Waals surface area contributed by atoms with Gasteiger partial charge in [0.25, 0.3) is 5.56 Å². The summed E-state index contributed by atoms with van der Waals surface area (Å²) in [7, 11) is 1.35. The second-order valence-corrected chi connectivity index (χ2v) is 6.39. The van der Waals surface area contributed by atoms with Crippen molar-refractivity contribution in [3.63, 3.8) is 0 Å². The van der Waals surface area contributed by atoms with Gasteiger partial charge in [0.2, 0.25) is 0 Å². The van der Waals surface area contributed by atoms with E-state index in [4.69, 9.17) is 4.74 Å². The van der Waals surface area contributed by atoms with E-state index in [1.54, 1.807) is 16.7 Å². The third-order valence-electron chi connectivity index (χ3n) is 4.62. The molecule has 0 N–H and O–H groups in total. The van der Waals surface area contributed by atoms with Gasteiger partial charge in [-0.1, -0.05) is 54.6 Å². The second-order valence-electron chi connectivity index (χ2n) is 6.39. The lowest BCUT2D eigenvalue weighted by atomic mass is 10.1. The zero-order valence-corrected chi connectivity index (χ0v) is 15.3. The van der Waals surface area contributed by atoms with E-state index in [0.29, 0.717) is 17.8 Å². The standard InChI is InChI=1S/C23H18N2O3/c1-28-23(27)18-13-11-16(12-14-18)15-25-20-10-6-5-9-19(20)24-21(22(25)26)17-7-3-2-4-8-17/h2-14H,15H2,1H3. The fourth-order valence-electron chi connectivity index (χ4n) is 3.18. The Labute approximate surface area is 161 Å². The van der Waals surface area contributed by atoms with Crippen LogP contribution in [-0.4, -0.2) is 22.6 Å². The summed E-state index contributed by atoms with van der Waals surface area (Å²) >= 11 is 0. The lowest BCUT2D eigenvalue weighted by Crippen LogP contribution is -2.24. The van der Waals surface area contributed by atoms with Gasteiger partial charge in [-0.2, -0.15) is 0 Å². The Hall–Kier alpha value is -3.73. The van der Waals surface area contributed by atoms with Gasteiger partial charge in [0.15, 0.2) is 0 Å². The van der Waals surface area contributed by atoms with Crippen LogP contribution in [0.1, 0.15) is 15.9 Å². The lowest BCUT2D eigenvalue weighted by molar-refractivity contribution is 0.0600. The second kappa shape index (κ2) is 7.48. The van der Waals surface area contributed by atoms with Crippen molar-refractivity contribution in [2.75, 3.05) is 7.11 Å². The van der Waals surface area contributed by atoms with E-state index in [9.17, 15) is 9.59 Å². The maximum atomic E-state index is 13.2. The number of nitrogens with zero attached hydrogens (tertiary/aromatic N) is 2. The van der Waals surface area contributed by atoms with Crippen LogP contribution in [0.15, 0.2) is 83.7 Å². The largest absolute Gasteiger partial charge is 0.465 e. The summed E-state index contributed by atoms with van der Waals surface area (Å²) in [5, 5.41) is 0. The molecule has 138 valence electrons. The molecule has 0 unspecified atom stereocenters. The molecule has 0 aliphatic rings. The molecule has 0 amide bonds. The van der Waals surface area contributed by atoms with Crippen molar-refractivity contribution in [3.8, 4) is 11.3 Å². The van der Waals surface area contributed by atoms with E-state index in [-0.39, 0.29) is 11.5 Å². The Bertz CT molecular complexity index is 1200. The minimum atomic E-state index is -0.385. The number of esters is 1. The summed E-state index contributed by atoms with van der Waals surface area (Å²) in [6.07, 6.45) is 0. The van der Waals surface area contributed by atoms with Gasteiger partial charge < -0.3 is 9.30 Å². The number of hydrogen-bond acceptors (Lipinski definition) is 4. The molecule has 3 aromatic carbocycles. The number of rotatable bonds is 4. The van der Waals surface area contributed by atoms with Gasteiger partial charge in [-0.3, -0.25) is 4.79 Å². The summed E-state index contributed by atoms with van der Waals surface area (Å²) in [5.74, 6) is -0.385. The molecule has 0 saturated carbocycles. The Kier molecular flexibility index (Phi) is 4.72. The Balaban J connectivity index is 1.83. The maximum Gasteiger partial charge on any atom is 0.337 e. The third kappa shape index (κ3) is 3.30. The molecule has 5 nitrogen and oxygen atoms in total. The molecule has 0 bridgehead atoms. The van der Waals surface area contributed by atoms with Gasteiger partial charge in [0.1, 0.15) is 5.69 Å². The van der Waals surface area contributed by atoms with Crippen molar-refractivity contribution in [2.24, 2.45) is 0 Å². The van der Waals surface area contributed by atoms with Crippen molar-refractivity contribution >= 4 is 17.0 Å².